The first-order chi connectivity index (χ1) is 9.05. The minimum atomic E-state index is -4.48. The normalized spacial score (nSPS) is 12.3. The highest BCUT2D eigenvalue weighted by Crippen LogP contribution is 2.34. The maximum Gasteiger partial charge on any atom is 0.416 e. The van der Waals surface area contributed by atoms with E-state index in [9.17, 15) is 18.0 Å². The highest BCUT2D eigenvalue weighted by molar-refractivity contribution is 5.65. The largest absolute Gasteiger partial charge is 0.465 e. The topological polar surface area (TPSA) is 75.3 Å². The molecule has 0 fully saturated rings. The molecular formula is C13H17F3N2O2. The molecule has 1 rings (SSSR count). The summed E-state index contributed by atoms with van der Waals surface area (Å²) in [5, 5.41) is 10.9. The van der Waals surface area contributed by atoms with E-state index in [1.165, 1.54) is 26.0 Å². The second kappa shape index (κ2) is 5.70. The molecule has 0 bridgehead atoms. The van der Waals surface area contributed by atoms with Gasteiger partial charge in [-0.25, -0.2) is 4.79 Å². The monoisotopic (exact) mass is 290 g/mol. The first kappa shape index (κ1) is 16.3. The molecule has 20 heavy (non-hydrogen) atoms. The van der Waals surface area contributed by atoms with E-state index >= 15 is 0 Å². The Morgan fingerprint density at radius 3 is 2.40 bits per heavy atom. The number of benzene rings is 1. The standard InChI is InChI=1S/C13H17F3N2O2/c1-12(2,18-11(19)20)6-9-5-8(7-17)3-4-10(9)13(14,15)16/h3-5,18H,6-7,17H2,1-2H3,(H,19,20). The summed E-state index contributed by atoms with van der Waals surface area (Å²) < 4.78 is 38.9. The average Bonchev–Trinajstić information content (AvgIpc) is 2.24. The van der Waals surface area contributed by atoms with Gasteiger partial charge in [0.2, 0.25) is 0 Å². The first-order valence-corrected chi connectivity index (χ1v) is 5.95. The van der Waals surface area contributed by atoms with Crippen LogP contribution in [0.15, 0.2) is 18.2 Å². The highest BCUT2D eigenvalue weighted by Gasteiger charge is 2.35. The Labute approximate surface area is 114 Å². The number of carboxylic acid groups (broad SMARTS) is 1. The van der Waals surface area contributed by atoms with Crippen LogP contribution < -0.4 is 11.1 Å². The summed E-state index contributed by atoms with van der Waals surface area (Å²) in [6.07, 6.45) is -5.84. The van der Waals surface area contributed by atoms with Crippen molar-refractivity contribution in [2.75, 3.05) is 0 Å². The number of nitrogens with two attached hydrogens (primary N) is 1. The Morgan fingerprint density at radius 1 is 1.35 bits per heavy atom. The second-order valence-corrected chi connectivity index (χ2v) is 5.18. The van der Waals surface area contributed by atoms with Crippen molar-refractivity contribution >= 4 is 6.09 Å². The van der Waals surface area contributed by atoms with Crippen LogP contribution in [0.3, 0.4) is 0 Å². The summed E-state index contributed by atoms with van der Waals surface area (Å²) in [5.41, 5.74) is 4.24. The molecule has 0 heterocycles. The number of amides is 1. The average molecular weight is 290 g/mol. The molecule has 0 unspecified atom stereocenters. The van der Waals surface area contributed by atoms with Gasteiger partial charge in [-0.2, -0.15) is 13.2 Å². The van der Waals surface area contributed by atoms with E-state index in [2.05, 4.69) is 5.32 Å². The molecule has 0 aliphatic heterocycles. The third-order valence-electron chi connectivity index (χ3n) is 2.79. The van der Waals surface area contributed by atoms with Crippen molar-refractivity contribution in [2.24, 2.45) is 5.73 Å². The zero-order valence-electron chi connectivity index (χ0n) is 11.2. The van der Waals surface area contributed by atoms with Crippen molar-refractivity contribution in [3.8, 4) is 0 Å². The van der Waals surface area contributed by atoms with E-state index in [-0.39, 0.29) is 18.5 Å². The van der Waals surface area contributed by atoms with E-state index in [0.717, 1.165) is 6.07 Å². The molecule has 1 aromatic rings. The van der Waals surface area contributed by atoms with Crippen LogP contribution in [0.25, 0.3) is 0 Å². The van der Waals surface area contributed by atoms with Crippen molar-refractivity contribution in [1.29, 1.82) is 0 Å². The van der Waals surface area contributed by atoms with Crippen molar-refractivity contribution in [1.82, 2.24) is 5.32 Å². The van der Waals surface area contributed by atoms with Crippen molar-refractivity contribution in [3.05, 3.63) is 34.9 Å². The van der Waals surface area contributed by atoms with Gasteiger partial charge in [0, 0.05) is 12.1 Å². The summed E-state index contributed by atoms with van der Waals surface area (Å²) in [4.78, 5) is 10.7. The van der Waals surface area contributed by atoms with Gasteiger partial charge >= 0.3 is 12.3 Å². The Hall–Kier alpha value is -1.76. The van der Waals surface area contributed by atoms with E-state index in [1.54, 1.807) is 0 Å². The molecule has 4 nitrogen and oxygen atoms in total. The molecule has 0 saturated carbocycles. The summed E-state index contributed by atoms with van der Waals surface area (Å²) in [6.45, 7) is 3.17. The van der Waals surface area contributed by atoms with Crippen molar-refractivity contribution in [3.63, 3.8) is 0 Å². The van der Waals surface area contributed by atoms with Gasteiger partial charge in [0.1, 0.15) is 0 Å². The Morgan fingerprint density at radius 2 is 1.95 bits per heavy atom. The molecule has 0 aliphatic carbocycles. The second-order valence-electron chi connectivity index (χ2n) is 5.18. The van der Waals surface area contributed by atoms with Gasteiger partial charge < -0.3 is 16.2 Å². The molecule has 0 spiro atoms. The minimum absolute atomic E-state index is 0.0270. The maximum atomic E-state index is 13.0. The van der Waals surface area contributed by atoms with E-state index < -0.39 is 23.4 Å². The Kier molecular flexibility index (Phi) is 4.65. The molecule has 1 amide bonds. The van der Waals surface area contributed by atoms with Crippen LogP contribution in [0, 0.1) is 0 Å². The molecule has 0 radical (unpaired) electrons. The third kappa shape index (κ3) is 4.41. The summed E-state index contributed by atoms with van der Waals surface area (Å²) in [7, 11) is 0. The maximum absolute atomic E-state index is 13.0. The number of alkyl halides is 3. The van der Waals surface area contributed by atoms with Gasteiger partial charge in [0.25, 0.3) is 0 Å². The quantitative estimate of drug-likeness (QED) is 0.798. The molecule has 4 N–H and O–H groups in total. The molecular weight excluding hydrogens is 273 g/mol. The Bertz CT molecular complexity index is 499. The van der Waals surface area contributed by atoms with Crippen molar-refractivity contribution < 1.29 is 23.1 Å². The number of hydrogen-bond donors (Lipinski definition) is 3. The fourth-order valence-electron chi connectivity index (χ4n) is 2.01. The molecule has 0 saturated heterocycles. The third-order valence-corrected chi connectivity index (χ3v) is 2.79. The summed E-state index contributed by atoms with van der Waals surface area (Å²) >= 11 is 0. The zero-order valence-corrected chi connectivity index (χ0v) is 11.2. The lowest BCUT2D eigenvalue weighted by Gasteiger charge is -2.26. The number of rotatable bonds is 4. The van der Waals surface area contributed by atoms with Crippen LogP contribution in [0.1, 0.15) is 30.5 Å². The van der Waals surface area contributed by atoms with Crippen LogP contribution in [-0.2, 0) is 19.1 Å². The predicted octanol–water partition coefficient (Wildman–Crippen LogP) is 2.75. The fraction of sp³-hybridized carbons (Fsp3) is 0.462. The number of hydrogen-bond acceptors (Lipinski definition) is 2. The smallest absolute Gasteiger partial charge is 0.416 e. The zero-order chi connectivity index (χ0) is 15.6. The lowest BCUT2D eigenvalue weighted by Crippen LogP contribution is -2.44. The van der Waals surface area contributed by atoms with Gasteiger partial charge in [-0.05, 0) is 37.5 Å². The van der Waals surface area contributed by atoms with E-state index in [1.807, 2.05) is 0 Å². The lowest BCUT2D eigenvalue weighted by molar-refractivity contribution is -0.138. The van der Waals surface area contributed by atoms with E-state index in [4.69, 9.17) is 10.8 Å². The molecule has 1 aromatic carbocycles. The van der Waals surface area contributed by atoms with Crippen LogP contribution in [0.5, 0.6) is 0 Å². The summed E-state index contributed by atoms with van der Waals surface area (Å²) in [6, 6.07) is 3.67. The minimum Gasteiger partial charge on any atom is -0.465 e. The molecule has 0 atom stereocenters. The lowest BCUT2D eigenvalue weighted by atomic mass is 9.90. The van der Waals surface area contributed by atoms with Gasteiger partial charge in [0.05, 0.1) is 5.56 Å². The number of carbonyl (C=O) groups is 1. The molecule has 0 aliphatic rings. The number of nitrogens with one attached hydrogen (secondary N) is 1. The summed E-state index contributed by atoms with van der Waals surface area (Å²) in [5.74, 6) is 0. The van der Waals surface area contributed by atoms with Crippen LogP contribution in [0.4, 0.5) is 18.0 Å². The van der Waals surface area contributed by atoms with E-state index in [0.29, 0.717) is 5.56 Å². The number of halogens is 3. The van der Waals surface area contributed by atoms with Crippen molar-refractivity contribution in [2.45, 2.75) is 38.5 Å². The first-order valence-electron chi connectivity index (χ1n) is 5.95. The van der Waals surface area contributed by atoms with Crippen LogP contribution in [-0.4, -0.2) is 16.7 Å². The SMILES string of the molecule is CC(C)(Cc1cc(CN)ccc1C(F)(F)F)NC(=O)O. The van der Waals surface area contributed by atoms with Gasteiger partial charge in [0.15, 0.2) is 0 Å². The van der Waals surface area contributed by atoms with Crippen LogP contribution >= 0.6 is 0 Å². The Balaban J connectivity index is 3.17. The molecule has 112 valence electrons. The predicted molar refractivity (Wildman–Crippen MR) is 68.3 cm³/mol. The highest BCUT2D eigenvalue weighted by atomic mass is 19.4. The van der Waals surface area contributed by atoms with Gasteiger partial charge in [-0.15, -0.1) is 0 Å². The molecule has 0 aromatic heterocycles. The van der Waals surface area contributed by atoms with Crippen LogP contribution in [0.2, 0.25) is 0 Å². The molecule has 7 heteroatoms. The fourth-order valence-corrected chi connectivity index (χ4v) is 2.01. The van der Waals surface area contributed by atoms with Gasteiger partial charge in [-0.3, -0.25) is 0 Å². The van der Waals surface area contributed by atoms with Gasteiger partial charge in [-0.1, -0.05) is 12.1 Å².